The number of nitrogens with one attached hydrogen (secondary N) is 1. The minimum Gasteiger partial charge on any atom is -0.355 e. The average molecular weight is 367 g/mol. The Hall–Kier alpha value is -2.68. The Labute approximate surface area is 161 Å². The average Bonchev–Trinajstić information content (AvgIpc) is 2.64. The number of anilines is 2. The standard InChI is InChI=1S/C24H27F2N/c1-5-24(4,15-6-7-18(2)3)16-14-19-8-10-20(11-9-19)27-21-12-13-22(25)23(26)17-21/h5,7-14,16-17,27H,1,6,15H2,2-4H3/b16-14+/t24-/m1/s1. The van der Waals surface area contributed by atoms with Gasteiger partial charge in [0.1, 0.15) is 0 Å². The molecule has 0 radical (unpaired) electrons. The zero-order valence-electron chi connectivity index (χ0n) is 16.2. The molecule has 0 aliphatic carbocycles. The molecular weight excluding hydrogens is 340 g/mol. The van der Waals surface area contributed by atoms with Crippen LogP contribution in [0.25, 0.3) is 6.08 Å². The number of allylic oxidation sites excluding steroid dienone is 4. The Bertz CT molecular complexity index is 830. The molecule has 0 saturated heterocycles. The molecule has 142 valence electrons. The van der Waals surface area contributed by atoms with Gasteiger partial charge in [-0.25, -0.2) is 8.78 Å². The van der Waals surface area contributed by atoms with E-state index >= 15 is 0 Å². The Balaban J connectivity index is 2.03. The van der Waals surface area contributed by atoms with Crippen LogP contribution in [-0.2, 0) is 0 Å². The predicted octanol–water partition coefficient (Wildman–Crippen LogP) is 7.66. The molecule has 0 aliphatic rings. The topological polar surface area (TPSA) is 12.0 Å². The van der Waals surface area contributed by atoms with Crippen LogP contribution in [0, 0.1) is 17.0 Å². The van der Waals surface area contributed by atoms with Crippen molar-refractivity contribution in [3.8, 4) is 0 Å². The quantitative estimate of drug-likeness (QED) is 0.472. The lowest BCUT2D eigenvalue weighted by molar-refractivity contribution is 0.508. The fourth-order valence-electron chi connectivity index (χ4n) is 2.63. The first-order chi connectivity index (χ1) is 12.8. The summed E-state index contributed by atoms with van der Waals surface area (Å²) < 4.78 is 26.3. The predicted molar refractivity (Wildman–Crippen MR) is 112 cm³/mol. The van der Waals surface area contributed by atoms with Crippen LogP contribution < -0.4 is 5.32 Å². The van der Waals surface area contributed by atoms with Crippen molar-refractivity contribution in [2.75, 3.05) is 5.32 Å². The molecule has 1 atom stereocenters. The molecule has 0 aliphatic heterocycles. The van der Waals surface area contributed by atoms with E-state index < -0.39 is 11.6 Å². The Morgan fingerprint density at radius 3 is 2.30 bits per heavy atom. The van der Waals surface area contributed by atoms with Crippen molar-refractivity contribution in [1.29, 1.82) is 0 Å². The molecule has 0 unspecified atom stereocenters. The van der Waals surface area contributed by atoms with E-state index in [1.54, 1.807) is 0 Å². The van der Waals surface area contributed by atoms with Gasteiger partial charge < -0.3 is 5.32 Å². The molecule has 0 heterocycles. The second kappa shape index (κ2) is 9.31. The molecule has 3 heteroatoms. The normalized spacial score (nSPS) is 13.2. The molecule has 27 heavy (non-hydrogen) atoms. The van der Waals surface area contributed by atoms with Gasteiger partial charge in [-0.15, -0.1) is 6.58 Å². The fourth-order valence-corrected chi connectivity index (χ4v) is 2.63. The maximum absolute atomic E-state index is 13.3. The maximum Gasteiger partial charge on any atom is 0.160 e. The van der Waals surface area contributed by atoms with Crippen LogP contribution in [-0.4, -0.2) is 0 Å². The molecule has 1 nitrogen and oxygen atoms in total. The van der Waals surface area contributed by atoms with E-state index in [1.807, 2.05) is 30.3 Å². The highest BCUT2D eigenvalue weighted by Gasteiger charge is 2.15. The van der Waals surface area contributed by atoms with Crippen molar-refractivity contribution in [2.45, 2.75) is 33.6 Å². The van der Waals surface area contributed by atoms with Gasteiger partial charge in [-0.1, -0.05) is 48.9 Å². The third kappa shape index (κ3) is 6.52. The van der Waals surface area contributed by atoms with Gasteiger partial charge in [0.25, 0.3) is 0 Å². The van der Waals surface area contributed by atoms with Gasteiger partial charge in [0.05, 0.1) is 0 Å². The van der Waals surface area contributed by atoms with Crippen molar-refractivity contribution in [3.05, 3.63) is 90.0 Å². The minimum absolute atomic E-state index is 0.0610. The molecule has 2 rings (SSSR count). The number of rotatable bonds is 8. The smallest absolute Gasteiger partial charge is 0.160 e. The second-order valence-corrected chi connectivity index (χ2v) is 7.24. The molecule has 1 N–H and O–H groups in total. The lowest BCUT2D eigenvalue weighted by Gasteiger charge is -2.20. The van der Waals surface area contributed by atoms with Gasteiger partial charge in [-0.3, -0.25) is 0 Å². The number of hydrogen-bond acceptors (Lipinski definition) is 1. The van der Waals surface area contributed by atoms with Crippen LogP contribution in [0.2, 0.25) is 0 Å². The van der Waals surface area contributed by atoms with E-state index in [0.717, 1.165) is 36.2 Å². The Morgan fingerprint density at radius 1 is 1.04 bits per heavy atom. The van der Waals surface area contributed by atoms with E-state index in [2.05, 4.69) is 50.9 Å². The molecular formula is C24H27F2N. The number of halogens is 2. The summed E-state index contributed by atoms with van der Waals surface area (Å²) in [6.07, 6.45) is 10.5. The number of hydrogen-bond donors (Lipinski definition) is 1. The summed E-state index contributed by atoms with van der Waals surface area (Å²) in [6.45, 7) is 10.4. The SMILES string of the molecule is C=C[C@@](C)(/C=C/c1ccc(Nc2ccc(F)c(F)c2)cc1)CCC=C(C)C. The highest BCUT2D eigenvalue weighted by Crippen LogP contribution is 2.28. The molecule has 0 saturated carbocycles. The monoisotopic (exact) mass is 367 g/mol. The van der Waals surface area contributed by atoms with E-state index in [0.29, 0.717) is 5.69 Å². The van der Waals surface area contributed by atoms with Crippen LogP contribution >= 0.6 is 0 Å². The van der Waals surface area contributed by atoms with Crippen LogP contribution in [0.4, 0.5) is 20.2 Å². The Kier molecular flexibility index (Phi) is 7.12. The van der Waals surface area contributed by atoms with Crippen molar-refractivity contribution in [1.82, 2.24) is 0 Å². The highest BCUT2D eigenvalue weighted by atomic mass is 19.2. The molecule has 2 aromatic rings. The first-order valence-corrected chi connectivity index (χ1v) is 9.10. The lowest BCUT2D eigenvalue weighted by atomic mass is 9.84. The summed E-state index contributed by atoms with van der Waals surface area (Å²) in [5.41, 5.74) is 3.66. The molecule has 0 spiro atoms. The van der Waals surface area contributed by atoms with E-state index in [1.165, 1.54) is 11.6 Å². The third-order valence-corrected chi connectivity index (χ3v) is 4.48. The molecule has 2 aromatic carbocycles. The second-order valence-electron chi connectivity index (χ2n) is 7.24. The molecule has 0 bridgehead atoms. The van der Waals surface area contributed by atoms with Gasteiger partial charge in [-0.2, -0.15) is 0 Å². The number of benzene rings is 2. The first-order valence-electron chi connectivity index (χ1n) is 9.10. The Morgan fingerprint density at radius 2 is 1.70 bits per heavy atom. The third-order valence-electron chi connectivity index (χ3n) is 4.48. The van der Waals surface area contributed by atoms with Crippen LogP contribution in [0.3, 0.4) is 0 Å². The van der Waals surface area contributed by atoms with Gasteiger partial charge in [0.15, 0.2) is 11.6 Å². The summed E-state index contributed by atoms with van der Waals surface area (Å²) >= 11 is 0. The molecule has 0 amide bonds. The van der Waals surface area contributed by atoms with Gasteiger partial charge in [0, 0.05) is 22.9 Å². The lowest BCUT2D eigenvalue weighted by Crippen LogP contribution is -2.08. The summed E-state index contributed by atoms with van der Waals surface area (Å²) in [4.78, 5) is 0. The van der Waals surface area contributed by atoms with E-state index in [-0.39, 0.29) is 5.41 Å². The minimum atomic E-state index is -0.864. The van der Waals surface area contributed by atoms with Crippen LogP contribution in [0.15, 0.2) is 72.8 Å². The van der Waals surface area contributed by atoms with Gasteiger partial charge in [-0.05, 0) is 56.5 Å². The summed E-state index contributed by atoms with van der Waals surface area (Å²) in [6, 6.07) is 11.6. The summed E-state index contributed by atoms with van der Waals surface area (Å²) in [7, 11) is 0. The van der Waals surface area contributed by atoms with Crippen molar-refractivity contribution in [3.63, 3.8) is 0 Å². The zero-order valence-corrected chi connectivity index (χ0v) is 16.2. The summed E-state index contributed by atoms with van der Waals surface area (Å²) in [5, 5.41) is 3.07. The van der Waals surface area contributed by atoms with Crippen molar-refractivity contribution in [2.24, 2.45) is 5.41 Å². The highest BCUT2D eigenvalue weighted by molar-refractivity contribution is 5.62. The first kappa shape index (κ1) is 20.6. The van der Waals surface area contributed by atoms with Gasteiger partial charge in [0.2, 0.25) is 0 Å². The largest absolute Gasteiger partial charge is 0.355 e. The van der Waals surface area contributed by atoms with Crippen molar-refractivity contribution < 1.29 is 8.78 Å². The maximum atomic E-state index is 13.3. The zero-order chi connectivity index (χ0) is 19.9. The molecule has 0 fully saturated rings. The van der Waals surface area contributed by atoms with E-state index in [9.17, 15) is 8.78 Å². The molecule has 0 aromatic heterocycles. The summed E-state index contributed by atoms with van der Waals surface area (Å²) in [5.74, 6) is -1.72. The van der Waals surface area contributed by atoms with Crippen LogP contribution in [0.1, 0.15) is 39.2 Å². The van der Waals surface area contributed by atoms with E-state index in [4.69, 9.17) is 0 Å². The van der Waals surface area contributed by atoms with Gasteiger partial charge >= 0.3 is 0 Å². The fraction of sp³-hybridized carbons (Fsp3) is 0.250. The van der Waals surface area contributed by atoms with Crippen molar-refractivity contribution >= 4 is 17.5 Å². The van der Waals surface area contributed by atoms with Crippen LogP contribution in [0.5, 0.6) is 0 Å².